The van der Waals surface area contributed by atoms with Gasteiger partial charge in [0, 0.05) is 23.9 Å². The lowest BCUT2D eigenvalue weighted by molar-refractivity contribution is 0.114. The number of hydrogen-bond acceptors (Lipinski definition) is 5. The lowest BCUT2D eigenvalue weighted by Crippen LogP contribution is -2.16. The summed E-state index contributed by atoms with van der Waals surface area (Å²) in [4.78, 5) is 11.2. The van der Waals surface area contributed by atoms with E-state index in [1.54, 1.807) is 14.0 Å². The molecular formula is C24H26N2O4. The molecule has 3 aromatic rings. The second kappa shape index (κ2) is 10.2. The normalized spacial score (nSPS) is 11.4. The summed E-state index contributed by atoms with van der Waals surface area (Å²) in [5, 5.41) is 3.39. The van der Waals surface area contributed by atoms with Crippen molar-refractivity contribution in [2.45, 2.75) is 26.2 Å². The number of carbonyl (C=O) groups excluding carboxylic acids is 1. The van der Waals surface area contributed by atoms with E-state index in [2.05, 4.69) is 5.32 Å². The van der Waals surface area contributed by atoms with Gasteiger partial charge in [0.2, 0.25) is 0 Å². The smallest absolute Gasteiger partial charge is 0.405 e. The molecule has 0 bridgehead atoms. The largest absolute Gasteiger partial charge is 0.497 e. The number of amides is 1. The zero-order valence-electron chi connectivity index (χ0n) is 17.1. The average Bonchev–Trinajstić information content (AvgIpc) is 2.76. The van der Waals surface area contributed by atoms with Gasteiger partial charge >= 0.3 is 6.09 Å². The van der Waals surface area contributed by atoms with E-state index in [0.29, 0.717) is 18.9 Å². The SMILES string of the molecule is COc1cccc(CNc2ccc(C(C)OC(N)=O)c(OCc3ccccc3)c2)c1. The summed E-state index contributed by atoms with van der Waals surface area (Å²) in [5.74, 6) is 1.44. The summed E-state index contributed by atoms with van der Waals surface area (Å²) < 4.78 is 16.5. The quantitative estimate of drug-likeness (QED) is 0.520. The molecule has 0 aliphatic rings. The molecule has 156 valence electrons. The van der Waals surface area contributed by atoms with E-state index in [4.69, 9.17) is 19.9 Å². The highest BCUT2D eigenvalue weighted by molar-refractivity contribution is 5.65. The molecule has 1 unspecified atom stereocenters. The second-order valence-electron chi connectivity index (χ2n) is 6.81. The Bertz CT molecular complexity index is 976. The van der Waals surface area contributed by atoms with Crippen LogP contribution in [0.25, 0.3) is 0 Å². The number of ether oxygens (including phenoxy) is 3. The zero-order chi connectivity index (χ0) is 21.3. The first-order valence-electron chi connectivity index (χ1n) is 9.68. The molecule has 3 rings (SSSR count). The fraction of sp³-hybridized carbons (Fsp3) is 0.208. The molecule has 0 heterocycles. The summed E-state index contributed by atoms with van der Waals surface area (Å²) in [6.07, 6.45) is -1.35. The van der Waals surface area contributed by atoms with Crippen molar-refractivity contribution in [3.63, 3.8) is 0 Å². The minimum Gasteiger partial charge on any atom is -0.497 e. The Balaban J connectivity index is 1.77. The predicted octanol–water partition coefficient (Wildman–Crippen LogP) is 5.04. The van der Waals surface area contributed by atoms with Gasteiger partial charge in [0.1, 0.15) is 24.2 Å². The van der Waals surface area contributed by atoms with Crippen LogP contribution in [0.2, 0.25) is 0 Å². The second-order valence-corrected chi connectivity index (χ2v) is 6.81. The third-order valence-corrected chi connectivity index (χ3v) is 4.61. The first-order chi connectivity index (χ1) is 14.5. The topological polar surface area (TPSA) is 82.8 Å². The van der Waals surface area contributed by atoms with Crippen molar-refractivity contribution < 1.29 is 19.0 Å². The fourth-order valence-electron chi connectivity index (χ4n) is 3.06. The van der Waals surface area contributed by atoms with Crippen LogP contribution in [0, 0.1) is 0 Å². The summed E-state index contributed by atoms with van der Waals surface area (Å²) in [5.41, 5.74) is 8.96. The number of hydrogen-bond donors (Lipinski definition) is 2. The maximum Gasteiger partial charge on any atom is 0.405 e. The molecule has 0 saturated heterocycles. The van der Waals surface area contributed by atoms with Gasteiger partial charge < -0.3 is 25.3 Å². The summed E-state index contributed by atoms with van der Waals surface area (Å²) in [6, 6.07) is 23.4. The fourth-order valence-corrected chi connectivity index (χ4v) is 3.06. The highest BCUT2D eigenvalue weighted by Crippen LogP contribution is 2.31. The summed E-state index contributed by atoms with van der Waals surface area (Å²) in [7, 11) is 1.65. The Hall–Kier alpha value is -3.67. The van der Waals surface area contributed by atoms with Crippen LogP contribution in [0.15, 0.2) is 72.8 Å². The molecule has 0 saturated carbocycles. The highest BCUT2D eigenvalue weighted by Gasteiger charge is 2.16. The number of rotatable bonds is 9. The van der Waals surface area contributed by atoms with E-state index in [1.165, 1.54) is 0 Å². The molecule has 0 aliphatic heterocycles. The van der Waals surface area contributed by atoms with Crippen molar-refractivity contribution in [1.82, 2.24) is 0 Å². The predicted molar refractivity (Wildman–Crippen MR) is 117 cm³/mol. The molecule has 30 heavy (non-hydrogen) atoms. The van der Waals surface area contributed by atoms with E-state index >= 15 is 0 Å². The maximum atomic E-state index is 11.2. The van der Waals surface area contributed by atoms with Gasteiger partial charge in [-0.15, -0.1) is 0 Å². The third kappa shape index (κ3) is 5.91. The van der Waals surface area contributed by atoms with Crippen molar-refractivity contribution in [2.75, 3.05) is 12.4 Å². The first kappa shape index (κ1) is 21.0. The number of nitrogens with one attached hydrogen (secondary N) is 1. The van der Waals surface area contributed by atoms with Crippen LogP contribution >= 0.6 is 0 Å². The molecule has 1 amide bonds. The Morgan fingerprint density at radius 3 is 2.50 bits per heavy atom. The Morgan fingerprint density at radius 1 is 1.00 bits per heavy atom. The number of primary amides is 1. The number of anilines is 1. The van der Waals surface area contributed by atoms with Crippen LogP contribution in [0.4, 0.5) is 10.5 Å². The van der Waals surface area contributed by atoms with Gasteiger partial charge in [-0.05, 0) is 42.3 Å². The van der Waals surface area contributed by atoms with Crippen molar-refractivity contribution in [2.24, 2.45) is 5.73 Å². The molecule has 0 radical (unpaired) electrons. The minimum atomic E-state index is -0.822. The van der Waals surface area contributed by atoms with E-state index in [-0.39, 0.29) is 0 Å². The van der Waals surface area contributed by atoms with Crippen LogP contribution in [0.5, 0.6) is 11.5 Å². The number of nitrogens with two attached hydrogens (primary N) is 1. The molecule has 0 spiro atoms. The van der Waals surface area contributed by atoms with Crippen molar-refractivity contribution in [3.8, 4) is 11.5 Å². The molecule has 0 aliphatic carbocycles. The zero-order valence-corrected chi connectivity index (χ0v) is 17.1. The van der Waals surface area contributed by atoms with Gasteiger partial charge in [0.25, 0.3) is 0 Å². The molecule has 0 fully saturated rings. The van der Waals surface area contributed by atoms with Gasteiger partial charge in [-0.3, -0.25) is 0 Å². The molecule has 6 heteroatoms. The van der Waals surface area contributed by atoms with E-state index in [9.17, 15) is 4.79 Å². The molecule has 6 nitrogen and oxygen atoms in total. The maximum absolute atomic E-state index is 11.2. The van der Waals surface area contributed by atoms with Gasteiger partial charge in [-0.25, -0.2) is 4.79 Å². The highest BCUT2D eigenvalue weighted by atomic mass is 16.6. The Kier molecular flexibility index (Phi) is 7.16. The van der Waals surface area contributed by atoms with Gasteiger partial charge in [0.15, 0.2) is 0 Å². The number of methoxy groups -OCH3 is 1. The summed E-state index contributed by atoms with van der Waals surface area (Å²) >= 11 is 0. The van der Waals surface area contributed by atoms with Gasteiger partial charge in [-0.2, -0.15) is 0 Å². The van der Waals surface area contributed by atoms with Crippen LogP contribution in [0.3, 0.4) is 0 Å². The third-order valence-electron chi connectivity index (χ3n) is 4.61. The average molecular weight is 406 g/mol. The Labute approximate surface area is 176 Å². The molecular weight excluding hydrogens is 380 g/mol. The first-order valence-corrected chi connectivity index (χ1v) is 9.68. The van der Waals surface area contributed by atoms with Crippen LogP contribution < -0.4 is 20.5 Å². The minimum absolute atomic E-state index is 0.399. The number of benzene rings is 3. The van der Waals surface area contributed by atoms with E-state index in [0.717, 1.165) is 28.1 Å². The van der Waals surface area contributed by atoms with Crippen molar-refractivity contribution in [3.05, 3.63) is 89.5 Å². The van der Waals surface area contributed by atoms with Gasteiger partial charge in [0.05, 0.1) is 7.11 Å². The Morgan fingerprint density at radius 2 is 1.77 bits per heavy atom. The monoisotopic (exact) mass is 406 g/mol. The van der Waals surface area contributed by atoms with Crippen LogP contribution in [-0.2, 0) is 17.9 Å². The number of carbonyl (C=O) groups is 1. The standard InChI is InChI=1S/C24H26N2O4/c1-17(30-24(25)27)22-12-11-20(26-15-19-9-6-10-21(13-19)28-2)14-23(22)29-16-18-7-4-3-5-8-18/h3-14,17,26H,15-16H2,1-2H3,(H2,25,27). The van der Waals surface area contributed by atoms with Gasteiger partial charge in [-0.1, -0.05) is 42.5 Å². The van der Waals surface area contributed by atoms with Crippen LogP contribution in [0.1, 0.15) is 29.7 Å². The van der Waals surface area contributed by atoms with E-state index < -0.39 is 12.2 Å². The molecule has 3 aromatic carbocycles. The van der Waals surface area contributed by atoms with E-state index in [1.807, 2.05) is 72.8 Å². The molecule has 0 aromatic heterocycles. The van der Waals surface area contributed by atoms with Crippen molar-refractivity contribution >= 4 is 11.8 Å². The summed E-state index contributed by atoms with van der Waals surface area (Å²) in [6.45, 7) is 2.79. The van der Waals surface area contributed by atoms with Crippen LogP contribution in [-0.4, -0.2) is 13.2 Å². The lowest BCUT2D eigenvalue weighted by atomic mass is 10.1. The molecule has 3 N–H and O–H groups in total. The lowest BCUT2D eigenvalue weighted by Gasteiger charge is -2.18. The molecule has 1 atom stereocenters. The van der Waals surface area contributed by atoms with Crippen molar-refractivity contribution in [1.29, 1.82) is 0 Å².